The third-order valence-electron chi connectivity index (χ3n) is 5.75. The number of carbonyl (C=O) groups excluding carboxylic acids is 1. The molecule has 1 saturated heterocycles. The second-order valence-electron chi connectivity index (χ2n) is 7.92. The van der Waals surface area contributed by atoms with Crippen molar-refractivity contribution in [2.24, 2.45) is 14.1 Å². The number of carbonyl (C=O) groups is 1. The molecule has 4 aromatic rings. The summed E-state index contributed by atoms with van der Waals surface area (Å²) in [5, 5.41) is 6.07. The zero-order valence-corrected chi connectivity index (χ0v) is 19.5. The third-order valence-corrected chi connectivity index (χ3v) is 6.65. The van der Waals surface area contributed by atoms with E-state index in [1.165, 1.54) is 30.8 Å². The van der Waals surface area contributed by atoms with E-state index in [2.05, 4.69) is 15.2 Å². The van der Waals surface area contributed by atoms with E-state index in [1.54, 1.807) is 23.5 Å². The Morgan fingerprint density at radius 3 is 2.47 bits per heavy atom. The molecule has 3 aromatic heterocycles. The van der Waals surface area contributed by atoms with Crippen LogP contribution in [-0.4, -0.2) is 51.3 Å². The molecule has 0 spiro atoms. The number of aromatic nitrogens is 4. The van der Waals surface area contributed by atoms with Crippen molar-refractivity contribution in [2.75, 3.05) is 36.5 Å². The van der Waals surface area contributed by atoms with E-state index in [0.717, 1.165) is 34.0 Å². The third kappa shape index (κ3) is 3.99. The summed E-state index contributed by atoms with van der Waals surface area (Å²) >= 11 is 1.60. The van der Waals surface area contributed by atoms with Gasteiger partial charge in [-0.2, -0.15) is 0 Å². The molecular formula is C23H22N6O4S. The predicted octanol–water partition coefficient (Wildman–Crippen LogP) is 1.84. The van der Waals surface area contributed by atoms with Gasteiger partial charge in [0.15, 0.2) is 5.13 Å². The number of pyridine rings is 1. The minimum absolute atomic E-state index is 0.106. The van der Waals surface area contributed by atoms with Gasteiger partial charge in [-0.15, -0.1) is 11.3 Å². The summed E-state index contributed by atoms with van der Waals surface area (Å²) in [6.07, 6.45) is 0. The first kappa shape index (κ1) is 22.0. The number of fused-ring (bicyclic) bond motifs is 1. The van der Waals surface area contributed by atoms with Crippen LogP contribution in [0, 0.1) is 0 Å². The Morgan fingerprint density at radius 2 is 1.74 bits per heavy atom. The summed E-state index contributed by atoms with van der Waals surface area (Å²) < 4.78 is 7.66. The molecule has 34 heavy (non-hydrogen) atoms. The molecular weight excluding hydrogens is 456 g/mol. The molecule has 11 heteroatoms. The summed E-state index contributed by atoms with van der Waals surface area (Å²) in [5.41, 5.74) is 1.73. The maximum absolute atomic E-state index is 12.8. The van der Waals surface area contributed by atoms with Crippen molar-refractivity contribution >= 4 is 39.1 Å². The van der Waals surface area contributed by atoms with Gasteiger partial charge in [0, 0.05) is 43.8 Å². The van der Waals surface area contributed by atoms with Crippen LogP contribution in [0.25, 0.3) is 22.3 Å². The molecule has 10 nitrogen and oxygen atoms in total. The van der Waals surface area contributed by atoms with Gasteiger partial charge in [-0.3, -0.25) is 18.7 Å². The normalized spacial score (nSPS) is 13.9. The molecule has 4 heterocycles. The lowest BCUT2D eigenvalue weighted by Crippen LogP contribution is -2.37. The Morgan fingerprint density at radius 1 is 1.00 bits per heavy atom. The van der Waals surface area contributed by atoms with Crippen LogP contribution in [0.5, 0.6) is 0 Å². The van der Waals surface area contributed by atoms with Gasteiger partial charge in [-0.05, 0) is 24.3 Å². The average Bonchev–Trinajstić information content (AvgIpc) is 3.37. The molecule has 1 N–H and O–H groups in total. The van der Waals surface area contributed by atoms with Crippen LogP contribution in [0.3, 0.4) is 0 Å². The fourth-order valence-corrected chi connectivity index (χ4v) is 4.69. The minimum atomic E-state index is -0.503. The molecule has 1 aliphatic heterocycles. The number of hydrogen-bond donors (Lipinski definition) is 1. The van der Waals surface area contributed by atoms with Crippen molar-refractivity contribution in [3.8, 4) is 11.3 Å². The van der Waals surface area contributed by atoms with Gasteiger partial charge in [0.05, 0.1) is 24.3 Å². The fraction of sp³-hybridized carbons (Fsp3) is 0.261. The smallest absolute Gasteiger partial charge is 0.332 e. The van der Waals surface area contributed by atoms with Gasteiger partial charge in [-0.1, -0.05) is 12.1 Å². The van der Waals surface area contributed by atoms with Gasteiger partial charge in [-0.25, -0.2) is 14.8 Å². The molecule has 1 amide bonds. The van der Waals surface area contributed by atoms with Crippen LogP contribution in [0.1, 0.15) is 10.5 Å². The average molecular weight is 479 g/mol. The fourth-order valence-electron chi connectivity index (χ4n) is 3.80. The second-order valence-corrected chi connectivity index (χ2v) is 8.76. The summed E-state index contributed by atoms with van der Waals surface area (Å²) in [7, 11) is 2.92. The number of nitrogens with one attached hydrogen (secondary N) is 1. The van der Waals surface area contributed by atoms with Crippen molar-refractivity contribution in [3.63, 3.8) is 0 Å². The largest absolute Gasteiger partial charge is 0.378 e. The van der Waals surface area contributed by atoms with E-state index in [9.17, 15) is 14.4 Å². The van der Waals surface area contributed by atoms with Crippen molar-refractivity contribution in [1.82, 2.24) is 19.1 Å². The lowest BCUT2D eigenvalue weighted by Gasteiger charge is -2.26. The second kappa shape index (κ2) is 8.84. The van der Waals surface area contributed by atoms with E-state index >= 15 is 0 Å². The Kier molecular flexibility index (Phi) is 5.72. The number of rotatable bonds is 4. The molecule has 1 aliphatic rings. The Balaban J connectivity index is 1.34. The van der Waals surface area contributed by atoms with Crippen molar-refractivity contribution in [2.45, 2.75) is 0 Å². The molecule has 0 atom stereocenters. The highest BCUT2D eigenvalue weighted by Gasteiger charge is 2.16. The standard InChI is InChI=1S/C23H22N6O4S/c1-27-19-16(21(31)28(2)23(27)32)7-8-17(25-19)20(30)24-15-5-3-14(4-6-15)18-13-34-22(26-18)29-9-11-33-12-10-29/h3-8,13H,9-12H2,1-2H3,(H,24,30). The first-order chi connectivity index (χ1) is 16.4. The quantitative estimate of drug-likeness (QED) is 0.476. The number of thiazole rings is 1. The number of hydrogen-bond acceptors (Lipinski definition) is 8. The van der Waals surface area contributed by atoms with Crippen LogP contribution in [0.15, 0.2) is 51.4 Å². The zero-order chi connectivity index (χ0) is 23.8. The number of benzene rings is 1. The maximum atomic E-state index is 12.8. The van der Waals surface area contributed by atoms with Gasteiger partial charge >= 0.3 is 5.69 Å². The maximum Gasteiger partial charge on any atom is 0.332 e. The van der Waals surface area contributed by atoms with Crippen molar-refractivity contribution in [1.29, 1.82) is 0 Å². The van der Waals surface area contributed by atoms with Crippen LogP contribution < -0.4 is 21.5 Å². The van der Waals surface area contributed by atoms with E-state index in [0.29, 0.717) is 18.9 Å². The number of anilines is 2. The monoisotopic (exact) mass is 478 g/mol. The first-order valence-corrected chi connectivity index (χ1v) is 11.6. The van der Waals surface area contributed by atoms with Gasteiger partial charge in [0.2, 0.25) is 0 Å². The number of nitrogens with zero attached hydrogens (tertiary/aromatic N) is 5. The van der Waals surface area contributed by atoms with E-state index in [1.807, 2.05) is 17.5 Å². The molecule has 174 valence electrons. The summed E-state index contributed by atoms with van der Waals surface area (Å²) in [6, 6.07) is 10.4. The number of aryl methyl sites for hydroxylation is 1. The Hall–Kier alpha value is -3.83. The van der Waals surface area contributed by atoms with E-state index < -0.39 is 17.2 Å². The van der Waals surface area contributed by atoms with Gasteiger partial charge < -0.3 is 15.0 Å². The molecule has 0 radical (unpaired) electrons. The molecule has 0 bridgehead atoms. The first-order valence-electron chi connectivity index (χ1n) is 10.7. The summed E-state index contributed by atoms with van der Waals surface area (Å²) in [4.78, 5) is 48.5. The summed E-state index contributed by atoms with van der Waals surface area (Å²) in [6.45, 7) is 3.09. The van der Waals surface area contributed by atoms with E-state index in [4.69, 9.17) is 9.72 Å². The van der Waals surface area contributed by atoms with Crippen LogP contribution in [0.4, 0.5) is 10.8 Å². The number of ether oxygens (including phenoxy) is 1. The Bertz CT molecular complexity index is 1500. The highest BCUT2D eigenvalue weighted by Crippen LogP contribution is 2.28. The highest BCUT2D eigenvalue weighted by atomic mass is 32.1. The predicted molar refractivity (Wildman–Crippen MR) is 131 cm³/mol. The molecule has 1 aromatic carbocycles. The highest BCUT2D eigenvalue weighted by molar-refractivity contribution is 7.14. The SMILES string of the molecule is Cn1c(=O)c2ccc(C(=O)Nc3ccc(-c4csc(N5CCOCC5)n4)cc3)nc2n(C)c1=O. The number of morpholine rings is 1. The number of amides is 1. The van der Waals surface area contributed by atoms with Gasteiger partial charge in [0.1, 0.15) is 11.3 Å². The lowest BCUT2D eigenvalue weighted by atomic mass is 10.1. The van der Waals surface area contributed by atoms with Crippen molar-refractivity contribution < 1.29 is 9.53 Å². The molecule has 0 aliphatic carbocycles. The van der Waals surface area contributed by atoms with Crippen LogP contribution >= 0.6 is 11.3 Å². The van der Waals surface area contributed by atoms with Crippen molar-refractivity contribution in [3.05, 3.63) is 68.3 Å². The Labute approximate surface area is 198 Å². The molecule has 5 rings (SSSR count). The van der Waals surface area contributed by atoms with E-state index in [-0.39, 0.29) is 16.7 Å². The topological polar surface area (TPSA) is 111 Å². The van der Waals surface area contributed by atoms with Crippen LogP contribution in [-0.2, 0) is 18.8 Å². The van der Waals surface area contributed by atoms with Gasteiger partial charge in [0.25, 0.3) is 11.5 Å². The molecule has 0 unspecified atom stereocenters. The summed E-state index contributed by atoms with van der Waals surface area (Å²) in [5.74, 6) is -0.439. The van der Waals surface area contributed by atoms with Crippen LogP contribution in [0.2, 0.25) is 0 Å². The zero-order valence-electron chi connectivity index (χ0n) is 18.6. The minimum Gasteiger partial charge on any atom is -0.378 e. The lowest BCUT2D eigenvalue weighted by molar-refractivity contribution is 0.102. The molecule has 0 saturated carbocycles. The molecule has 1 fully saturated rings.